The van der Waals surface area contributed by atoms with Crippen LogP contribution in [0.2, 0.25) is 0 Å². The van der Waals surface area contributed by atoms with Gasteiger partial charge in [0.15, 0.2) is 0 Å². The second-order valence-electron chi connectivity index (χ2n) is 7.46. The molecule has 0 saturated carbocycles. The van der Waals surface area contributed by atoms with E-state index in [4.69, 9.17) is 5.73 Å². The van der Waals surface area contributed by atoms with Gasteiger partial charge in [0, 0.05) is 16.9 Å². The van der Waals surface area contributed by atoms with Gasteiger partial charge in [-0.25, -0.2) is 0 Å². The SMILES string of the molecule is C=C1C(CCC(C)(C)C)=C(CC(N)=O)Nc2cccc(CC)c21. The molecule has 0 unspecified atom stereocenters. The van der Waals surface area contributed by atoms with Crippen LogP contribution in [0.1, 0.15) is 58.1 Å². The van der Waals surface area contributed by atoms with E-state index in [0.717, 1.165) is 41.8 Å². The number of hydrogen-bond acceptors (Lipinski definition) is 2. The molecule has 0 fully saturated rings. The van der Waals surface area contributed by atoms with Gasteiger partial charge < -0.3 is 11.1 Å². The number of anilines is 1. The van der Waals surface area contributed by atoms with Gasteiger partial charge in [-0.2, -0.15) is 0 Å². The fourth-order valence-electron chi connectivity index (χ4n) is 3.05. The maximum absolute atomic E-state index is 11.5. The molecule has 0 spiro atoms. The van der Waals surface area contributed by atoms with Crippen LogP contribution in [-0.4, -0.2) is 5.91 Å². The van der Waals surface area contributed by atoms with Crippen LogP contribution in [0.5, 0.6) is 0 Å². The molecule has 1 aromatic carbocycles. The number of carbonyl (C=O) groups excluding carboxylic acids is 1. The molecule has 0 radical (unpaired) electrons. The summed E-state index contributed by atoms with van der Waals surface area (Å²) in [6, 6.07) is 6.23. The first-order valence-electron chi connectivity index (χ1n) is 8.32. The second kappa shape index (κ2) is 6.61. The topological polar surface area (TPSA) is 55.1 Å². The molecule has 124 valence electrons. The number of carbonyl (C=O) groups is 1. The zero-order valence-corrected chi connectivity index (χ0v) is 14.8. The lowest BCUT2D eigenvalue weighted by Crippen LogP contribution is -2.21. The minimum Gasteiger partial charge on any atom is -0.369 e. The number of amides is 1. The number of fused-ring (bicyclic) bond motifs is 1. The smallest absolute Gasteiger partial charge is 0.223 e. The van der Waals surface area contributed by atoms with Gasteiger partial charge in [0.05, 0.1) is 6.42 Å². The van der Waals surface area contributed by atoms with Crippen molar-refractivity contribution in [3.05, 3.63) is 47.2 Å². The van der Waals surface area contributed by atoms with E-state index < -0.39 is 0 Å². The molecule has 3 nitrogen and oxygen atoms in total. The number of hydrogen-bond donors (Lipinski definition) is 2. The largest absolute Gasteiger partial charge is 0.369 e. The fourth-order valence-corrected chi connectivity index (χ4v) is 3.05. The lowest BCUT2D eigenvalue weighted by atomic mass is 9.81. The van der Waals surface area contributed by atoms with Crippen LogP contribution in [-0.2, 0) is 11.2 Å². The number of allylic oxidation sites excluding steroid dienone is 2. The van der Waals surface area contributed by atoms with Crippen LogP contribution >= 0.6 is 0 Å². The van der Waals surface area contributed by atoms with Gasteiger partial charge in [0.25, 0.3) is 0 Å². The molecule has 1 aliphatic rings. The number of primary amides is 1. The minimum absolute atomic E-state index is 0.230. The maximum Gasteiger partial charge on any atom is 0.223 e. The molecule has 1 amide bonds. The Kier molecular flexibility index (Phi) is 4.98. The predicted octanol–water partition coefficient (Wildman–Crippen LogP) is 4.64. The van der Waals surface area contributed by atoms with Crippen LogP contribution in [0.25, 0.3) is 5.57 Å². The summed E-state index contributed by atoms with van der Waals surface area (Å²) in [4.78, 5) is 11.5. The summed E-state index contributed by atoms with van der Waals surface area (Å²) >= 11 is 0. The van der Waals surface area contributed by atoms with Crippen LogP contribution in [0.3, 0.4) is 0 Å². The van der Waals surface area contributed by atoms with Crippen molar-refractivity contribution in [3.63, 3.8) is 0 Å². The minimum atomic E-state index is -0.316. The summed E-state index contributed by atoms with van der Waals surface area (Å²) < 4.78 is 0. The normalized spacial score (nSPS) is 14.5. The molecule has 2 rings (SSSR count). The molecule has 1 aliphatic heterocycles. The third kappa shape index (κ3) is 4.04. The van der Waals surface area contributed by atoms with Gasteiger partial charge in [0.2, 0.25) is 5.91 Å². The van der Waals surface area contributed by atoms with Crippen LogP contribution in [0.15, 0.2) is 36.0 Å². The van der Waals surface area contributed by atoms with Crippen molar-refractivity contribution in [3.8, 4) is 0 Å². The molecule has 3 N–H and O–H groups in total. The average molecular weight is 312 g/mol. The number of rotatable bonds is 5. The Morgan fingerprint density at radius 1 is 1.30 bits per heavy atom. The Hall–Kier alpha value is -2.03. The van der Waals surface area contributed by atoms with Crippen molar-refractivity contribution < 1.29 is 4.79 Å². The summed E-state index contributed by atoms with van der Waals surface area (Å²) in [5.74, 6) is -0.316. The van der Waals surface area contributed by atoms with Gasteiger partial charge in [-0.15, -0.1) is 0 Å². The highest BCUT2D eigenvalue weighted by molar-refractivity contribution is 5.92. The number of nitrogens with two attached hydrogens (primary N) is 1. The van der Waals surface area contributed by atoms with E-state index in [0.29, 0.717) is 0 Å². The van der Waals surface area contributed by atoms with E-state index in [1.807, 2.05) is 12.1 Å². The lowest BCUT2D eigenvalue weighted by molar-refractivity contribution is -0.117. The molecular formula is C20H28N2O. The van der Waals surface area contributed by atoms with Crippen molar-refractivity contribution in [2.75, 3.05) is 5.32 Å². The fraction of sp³-hybridized carbons (Fsp3) is 0.450. The van der Waals surface area contributed by atoms with Gasteiger partial charge in [-0.3, -0.25) is 4.79 Å². The van der Waals surface area contributed by atoms with E-state index in [1.165, 1.54) is 11.1 Å². The lowest BCUT2D eigenvalue weighted by Gasteiger charge is -2.30. The molecular weight excluding hydrogens is 284 g/mol. The highest BCUT2D eigenvalue weighted by Crippen LogP contribution is 2.41. The number of benzene rings is 1. The van der Waals surface area contributed by atoms with Gasteiger partial charge in [-0.05, 0) is 47.5 Å². The molecule has 0 saturated heterocycles. The van der Waals surface area contributed by atoms with E-state index >= 15 is 0 Å². The second-order valence-corrected chi connectivity index (χ2v) is 7.46. The Morgan fingerprint density at radius 2 is 2.00 bits per heavy atom. The molecule has 1 aromatic rings. The standard InChI is InChI=1S/C20H28N2O/c1-6-14-8-7-9-16-19(14)13(2)15(10-11-20(3,4)5)17(22-16)12-18(21)23/h7-9,22H,2,6,10-12H2,1,3-5H3,(H2,21,23). The molecule has 0 aliphatic carbocycles. The molecule has 23 heavy (non-hydrogen) atoms. The Labute approximate surface area is 139 Å². The van der Waals surface area contributed by atoms with Crippen molar-refractivity contribution in [1.82, 2.24) is 0 Å². The first-order valence-corrected chi connectivity index (χ1v) is 8.32. The Balaban J connectivity index is 2.44. The van der Waals surface area contributed by atoms with Crippen LogP contribution in [0, 0.1) is 5.41 Å². The average Bonchev–Trinajstić information content (AvgIpc) is 2.44. The van der Waals surface area contributed by atoms with E-state index in [1.54, 1.807) is 0 Å². The molecule has 0 aromatic heterocycles. The van der Waals surface area contributed by atoms with Crippen molar-refractivity contribution in [2.45, 2.75) is 53.4 Å². The van der Waals surface area contributed by atoms with Gasteiger partial charge in [0.1, 0.15) is 0 Å². The molecule has 0 atom stereocenters. The first-order chi connectivity index (χ1) is 10.7. The van der Waals surface area contributed by atoms with Crippen molar-refractivity contribution in [1.29, 1.82) is 0 Å². The van der Waals surface area contributed by atoms with Crippen LogP contribution < -0.4 is 11.1 Å². The third-order valence-electron chi connectivity index (χ3n) is 4.32. The quantitative estimate of drug-likeness (QED) is 0.832. The summed E-state index contributed by atoms with van der Waals surface area (Å²) in [5.41, 5.74) is 12.3. The summed E-state index contributed by atoms with van der Waals surface area (Å²) in [6.45, 7) is 13.2. The third-order valence-corrected chi connectivity index (χ3v) is 4.32. The molecule has 3 heteroatoms. The van der Waals surface area contributed by atoms with E-state index in [-0.39, 0.29) is 17.7 Å². The van der Waals surface area contributed by atoms with E-state index in [2.05, 4.69) is 45.7 Å². The van der Waals surface area contributed by atoms with Gasteiger partial charge >= 0.3 is 0 Å². The summed E-state index contributed by atoms with van der Waals surface area (Å²) in [6.07, 6.45) is 3.13. The Morgan fingerprint density at radius 3 is 2.57 bits per heavy atom. The molecule has 0 bridgehead atoms. The Bertz CT molecular complexity index is 663. The van der Waals surface area contributed by atoms with Crippen molar-refractivity contribution in [2.24, 2.45) is 11.1 Å². The van der Waals surface area contributed by atoms with Crippen molar-refractivity contribution >= 4 is 17.2 Å². The highest BCUT2D eigenvalue weighted by atomic mass is 16.1. The maximum atomic E-state index is 11.5. The van der Waals surface area contributed by atoms with Crippen LogP contribution in [0.4, 0.5) is 5.69 Å². The number of aryl methyl sites for hydroxylation is 1. The highest BCUT2D eigenvalue weighted by Gasteiger charge is 2.25. The van der Waals surface area contributed by atoms with Gasteiger partial charge in [-0.1, -0.05) is 46.4 Å². The summed E-state index contributed by atoms with van der Waals surface area (Å²) in [7, 11) is 0. The zero-order valence-electron chi connectivity index (χ0n) is 14.8. The number of nitrogens with one attached hydrogen (secondary N) is 1. The first kappa shape index (κ1) is 17.3. The zero-order chi connectivity index (χ0) is 17.2. The van der Waals surface area contributed by atoms with E-state index in [9.17, 15) is 4.79 Å². The molecule has 1 heterocycles. The predicted molar refractivity (Wildman–Crippen MR) is 98.0 cm³/mol. The summed E-state index contributed by atoms with van der Waals surface area (Å²) in [5, 5.41) is 3.44. The monoisotopic (exact) mass is 312 g/mol.